The van der Waals surface area contributed by atoms with Gasteiger partial charge in [-0.1, -0.05) is 49.2 Å². The molecule has 1 aromatic rings. The van der Waals surface area contributed by atoms with Gasteiger partial charge in [-0.15, -0.1) is 0 Å². The minimum Gasteiger partial charge on any atom is -0.383 e. The Morgan fingerprint density at radius 3 is 2.64 bits per heavy atom. The van der Waals surface area contributed by atoms with Crippen LogP contribution in [0.5, 0.6) is 0 Å². The third-order valence-corrected chi connectivity index (χ3v) is 5.78. The maximum atomic E-state index is 13.2. The number of nitrogens with two attached hydrogens (primary N) is 1. The first-order valence-electron chi connectivity index (χ1n) is 8.74. The number of nitrogens with zero attached hydrogens (tertiary/aromatic N) is 2. The smallest absolute Gasteiger partial charge is 0.235 e. The number of rotatable bonds is 2. The summed E-state index contributed by atoms with van der Waals surface area (Å²) in [5.74, 6) is -1.13. The van der Waals surface area contributed by atoms with Gasteiger partial charge in [-0.25, -0.2) is 5.01 Å². The summed E-state index contributed by atoms with van der Waals surface area (Å²) < 4.78 is 0. The SMILES string of the molecule is CC(=O)NN1C(N)=C(C#N)C(c2cccc(Cl)c2Cl)C2=C1CC(C)(C)CC2=O. The van der Waals surface area contributed by atoms with Crippen molar-refractivity contribution in [2.75, 3.05) is 0 Å². The largest absolute Gasteiger partial charge is 0.383 e. The number of hydrogen-bond donors (Lipinski definition) is 2. The summed E-state index contributed by atoms with van der Waals surface area (Å²) in [7, 11) is 0. The van der Waals surface area contributed by atoms with Crippen LogP contribution in [-0.2, 0) is 9.59 Å². The highest BCUT2D eigenvalue weighted by atomic mass is 35.5. The molecule has 1 aliphatic heterocycles. The van der Waals surface area contributed by atoms with Crippen LogP contribution in [0.3, 0.4) is 0 Å². The first kappa shape index (κ1) is 20.2. The predicted molar refractivity (Wildman–Crippen MR) is 107 cm³/mol. The summed E-state index contributed by atoms with van der Waals surface area (Å²) in [6.07, 6.45) is 0.815. The Hall–Kier alpha value is -2.49. The summed E-state index contributed by atoms with van der Waals surface area (Å²) in [6, 6.07) is 7.19. The van der Waals surface area contributed by atoms with Gasteiger partial charge < -0.3 is 5.73 Å². The number of hydrazine groups is 1. The molecule has 3 N–H and O–H groups in total. The van der Waals surface area contributed by atoms with Crippen LogP contribution in [-0.4, -0.2) is 16.7 Å². The minimum atomic E-state index is -0.736. The molecule has 146 valence electrons. The van der Waals surface area contributed by atoms with Gasteiger partial charge in [0, 0.05) is 18.9 Å². The molecular weight excluding hydrogens is 399 g/mol. The molecule has 1 amide bonds. The molecule has 0 saturated carbocycles. The van der Waals surface area contributed by atoms with Crippen molar-refractivity contribution in [1.82, 2.24) is 10.4 Å². The van der Waals surface area contributed by atoms with E-state index in [1.54, 1.807) is 18.2 Å². The Morgan fingerprint density at radius 2 is 2.04 bits per heavy atom. The summed E-state index contributed by atoms with van der Waals surface area (Å²) >= 11 is 12.6. The van der Waals surface area contributed by atoms with Crippen LogP contribution in [0.15, 0.2) is 40.9 Å². The number of benzene rings is 1. The fourth-order valence-electron chi connectivity index (χ4n) is 3.85. The number of hydrogen-bond acceptors (Lipinski definition) is 5. The van der Waals surface area contributed by atoms with Crippen molar-refractivity contribution in [3.05, 3.63) is 56.5 Å². The molecule has 0 radical (unpaired) electrons. The van der Waals surface area contributed by atoms with E-state index in [2.05, 4.69) is 11.5 Å². The van der Waals surface area contributed by atoms with Crippen molar-refractivity contribution in [3.63, 3.8) is 0 Å². The lowest BCUT2D eigenvalue weighted by Crippen LogP contribution is -2.49. The fourth-order valence-corrected chi connectivity index (χ4v) is 4.27. The highest BCUT2D eigenvalue weighted by Crippen LogP contribution is 2.50. The standard InChI is InChI=1S/C20H20Cl2N4O2/c1-10(27)25-26-14-7-20(2,3)8-15(28)17(14)16(12(9-23)19(26)24)11-5-4-6-13(21)18(11)22/h4-6,16H,7-8,24H2,1-3H3,(H,25,27). The number of carbonyl (C=O) groups is 2. The van der Waals surface area contributed by atoms with Crippen LogP contribution in [0.25, 0.3) is 0 Å². The van der Waals surface area contributed by atoms with Gasteiger partial charge in [0.25, 0.3) is 0 Å². The number of allylic oxidation sites excluding steroid dienone is 3. The van der Waals surface area contributed by atoms with E-state index < -0.39 is 5.92 Å². The quantitative estimate of drug-likeness (QED) is 0.760. The first-order valence-corrected chi connectivity index (χ1v) is 9.50. The third-order valence-electron chi connectivity index (χ3n) is 4.94. The van der Waals surface area contributed by atoms with E-state index in [4.69, 9.17) is 28.9 Å². The maximum absolute atomic E-state index is 13.2. The van der Waals surface area contributed by atoms with Gasteiger partial charge in [0.05, 0.1) is 33.3 Å². The second-order valence-corrected chi connectivity index (χ2v) is 8.58. The molecule has 0 spiro atoms. The molecule has 1 unspecified atom stereocenters. The van der Waals surface area contributed by atoms with E-state index in [1.807, 2.05) is 13.8 Å². The van der Waals surface area contributed by atoms with E-state index in [1.165, 1.54) is 11.9 Å². The number of amides is 1. The van der Waals surface area contributed by atoms with Gasteiger partial charge in [0.2, 0.25) is 5.91 Å². The fraction of sp³-hybridized carbons (Fsp3) is 0.350. The van der Waals surface area contributed by atoms with Crippen LogP contribution >= 0.6 is 23.2 Å². The van der Waals surface area contributed by atoms with Crippen molar-refractivity contribution in [2.24, 2.45) is 11.1 Å². The Kier molecular flexibility index (Phi) is 5.18. The molecule has 1 atom stereocenters. The summed E-state index contributed by atoms with van der Waals surface area (Å²) in [5.41, 5.74) is 10.3. The Balaban J connectivity index is 2.32. The van der Waals surface area contributed by atoms with E-state index in [9.17, 15) is 14.9 Å². The van der Waals surface area contributed by atoms with Crippen molar-refractivity contribution in [3.8, 4) is 6.07 Å². The molecule has 1 aliphatic carbocycles. The summed E-state index contributed by atoms with van der Waals surface area (Å²) in [5, 5.41) is 11.8. The number of carbonyl (C=O) groups excluding carboxylic acids is 2. The monoisotopic (exact) mass is 418 g/mol. The average Bonchev–Trinajstić information content (AvgIpc) is 2.58. The zero-order valence-corrected chi connectivity index (χ0v) is 17.3. The minimum absolute atomic E-state index is 0.0722. The number of halogens is 2. The second-order valence-electron chi connectivity index (χ2n) is 7.79. The number of nitrogens with one attached hydrogen (secondary N) is 1. The lowest BCUT2D eigenvalue weighted by atomic mass is 9.69. The lowest BCUT2D eigenvalue weighted by molar-refractivity contribution is -0.123. The van der Waals surface area contributed by atoms with E-state index in [0.717, 1.165) is 0 Å². The molecule has 0 fully saturated rings. The van der Waals surface area contributed by atoms with Gasteiger partial charge in [-0.3, -0.25) is 15.0 Å². The maximum Gasteiger partial charge on any atom is 0.235 e. The normalized spacial score (nSPS) is 21.4. The number of nitriles is 1. The van der Waals surface area contributed by atoms with Crippen LogP contribution in [0.1, 0.15) is 45.1 Å². The Labute approximate surface area is 173 Å². The van der Waals surface area contributed by atoms with E-state index in [-0.39, 0.29) is 33.5 Å². The van der Waals surface area contributed by atoms with Crippen molar-refractivity contribution in [2.45, 2.75) is 39.5 Å². The van der Waals surface area contributed by atoms with Crippen molar-refractivity contribution in [1.29, 1.82) is 5.26 Å². The molecule has 28 heavy (non-hydrogen) atoms. The van der Waals surface area contributed by atoms with E-state index in [0.29, 0.717) is 34.7 Å². The number of ketones is 1. The molecule has 1 aromatic carbocycles. The zero-order valence-electron chi connectivity index (χ0n) is 15.8. The second kappa shape index (κ2) is 7.16. The van der Waals surface area contributed by atoms with E-state index >= 15 is 0 Å². The molecule has 0 aromatic heterocycles. The summed E-state index contributed by atoms with van der Waals surface area (Å²) in [4.78, 5) is 24.9. The van der Waals surface area contributed by atoms with Crippen molar-refractivity contribution >= 4 is 34.9 Å². The van der Waals surface area contributed by atoms with Crippen LogP contribution in [0.4, 0.5) is 0 Å². The van der Waals surface area contributed by atoms with Gasteiger partial charge >= 0.3 is 0 Å². The first-order chi connectivity index (χ1) is 13.1. The molecule has 0 saturated heterocycles. The lowest BCUT2D eigenvalue weighted by Gasteiger charge is -2.43. The zero-order chi connectivity index (χ0) is 20.8. The molecule has 1 heterocycles. The molecule has 3 rings (SSSR count). The number of Topliss-reactive ketones (excluding diaryl/α,β-unsaturated/α-hetero) is 1. The molecule has 8 heteroatoms. The van der Waals surface area contributed by atoms with Crippen LogP contribution in [0, 0.1) is 16.7 Å². The van der Waals surface area contributed by atoms with Crippen LogP contribution in [0.2, 0.25) is 10.0 Å². The van der Waals surface area contributed by atoms with Crippen LogP contribution < -0.4 is 11.2 Å². The summed E-state index contributed by atoms with van der Waals surface area (Å²) in [6.45, 7) is 5.29. The molecule has 6 nitrogen and oxygen atoms in total. The van der Waals surface area contributed by atoms with Gasteiger partial charge in [-0.2, -0.15) is 5.26 Å². The topological polar surface area (TPSA) is 99.2 Å². The molecule has 2 aliphatic rings. The van der Waals surface area contributed by atoms with Crippen molar-refractivity contribution < 1.29 is 9.59 Å². The Bertz CT molecular complexity index is 988. The average molecular weight is 419 g/mol. The highest BCUT2D eigenvalue weighted by Gasteiger charge is 2.45. The van der Waals surface area contributed by atoms with Gasteiger partial charge in [-0.05, 0) is 23.5 Å². The molecular formula is C20H20Cl2N4O2. The Morgan fingerprint density at radius 1 is 1.36 bits per heavy atom. The predicted octanol–water partition coefficient (Wildman–Crippen LogP) is 3.78. The third kappa shape index (κ3) is 3.36. The van der Waals surface area contributed by atoms with Gasteiger partial charge in [0.15, 0.2) is 5.78 Å². The highest BCUT2D eigenvalue weighted by molar-refractivity contribution is 6.42. The molecule has 0 bridgehead atoms. The van der Waals surface area contributed by atoms with Gasteiger partial charge in [0.1, 0.15) is 5.82 Å².